The second-order valence-corrected chi connectivity index (χ2v) is 7.19. The number of benzene rings is 2. The average molecular weight is 374 g/mol. The zero-order valence-electron chi connectivity index (χ0n) is 15.5. The van der Waals surface area contributed by atoms with Gasteiger partial charge in [-0.1, -0.05) is 42.5 Å². The van der Waals surface area contributed by atoms with Gasteiger partial charge in [0.15, 0.2) is 0 Å². The third kappa shape index (κ3) is 3.83. The molecule has 0 fully saturated rings. The van der Waals surface area contributed by atoms with Crippen LogP contribution >= 0.6 is 0 Å². The molecule has 0 aliphatic carbocycles. The van der Waals surface area contributed by atoms with Crippen molar-refractivity contribution in [3.8, 4) is 5.75 Å². The molecule has 142 valence electrons. The number of carbonyl (C=O) groups is 1. The lowest BCUT2D eigenvalue weighted by molar-refractivity contribution is -0.133. The normalized spacial score (nSPS) is 14.4. The summed E-state index contributed by atoms with van der Waals surface area (Å²) in [5, 5.41) is 9.53. The van der Waals surface area contributed by atoms with E-state index < -0.39 is 0 Å². The molecule has 0 radical (unpaired) electrons. The van der Waals surface area contributed by atoms with E-state index in [0.717, 1.165) is 22.3 Å². The number of phenols is 1. The first kappa shape index (κ1) is 18.0. The van der Waals surface area contributed by atoms with Crippen molar-refractivity contribution in [2.75, 3.05) is 6.54 Å². The minimum atomic E-state index is -0.296. The fourth-order valence-corrected chi connectivity index (χ4v) is 3.77. The Kier molecular flexibility index (Phi) is 4.98. The lowest BCUT2D eigenvalue weighted by Gasteiger charge is -2.32. The van der Waals surface area contributed by atoms with Gasteiger partial charge < -0.3 is 15.0 Å². The highest BCUT2D eigenvalue weighted by molar-refractivity contribution is 5.84. The van der Waals surface area contributed by atoms with Gasteiger partial charge >= 0.3 is 0 Å². The highest BCUT2D eigenvalue weighted by Gasteiger charge is 2.28. The Balaban J connectivity index is 1.61. The molecule has 5 nitrogen and oxygen atoms in total. The third-order valence-corrected chi connectivity index (χ3v) is 5.31. The monoisotopic (exact) mass is 374 g/mol. The van der Waals surface area contributed by atoms with E-state index in [1.165, 1.54) is 0 Å². The summed E-state index contributed by atoms with van der Waals surface area (Å²) in [4.78, 5) is 29.6. The maximum Gasteiger partial charge on any atom is 0.248 e. The zero-order valence-corrected chi connectivity index (χ0v) is 15.5. The summed E-state index contributed by atoms with van der Waals surface area (Å²) in [6, 6.07) is 18.4. The fraction of sp³-hybridized carbons (Fsp3) is 0.217. The van der Waals surface area contributed by atoms with E-state index in [4.69, 9.17) is 0 Å². The van der Waals surface area contributed by atoms with E-state index in [2.05, 4.69) is 4.98 Å². The summed E-state index contributed by atoms with van der Waals surface area (Å²) in [5.41, 5.74) is 3.89. The molecule has 1 aromatic heterocycles. The van der Waals surface area contributed by atoms with E-state index in [-0.39, 0.29) is 23.1 Å². The number of aromatic nitrogens is 1. The Morgan fingerprint density at radius 2 is 1.82 bits per heavy atom. The summed E-state index contributed by atoms with van der Waals surface area (Å²) in [6.07, 6.45) is 2.97. The van der Waals surface area contributed by atoms with E-state index in [1.54, 1.807) is 24.4 Å². The van der Waals surface area contributed by atoms with Crippen LogP contribution in [0, 0.1) is 0 Å². The number of nitrogens with one attached hydrogen (secondary N) is 1. The molecule has 3 aromatic rings. The van der Waals surface area contributed by atoms with Crippen LogP contribution in [0.4, 0.5) is 0 Å². The number of aromatic amines is 1. The molecule has 1 aliphatic rings. The smallest absolute Gasteiger partial charge is 0.248 e. The van der Waals surface area contributed by atoms with Crippen LogP contribution in [0.5, 0.6) is 5.75 Å². The van der Waals surface area contributed by atoms with Crippen LogP contribution in [0.3, 0.4) is 0 Å². The van der Waals surface area contributed by atoms with Gasteiger partial charge in [-0.25, -0.2) is 0 Å². The van der Waals surface area contributed by atoms with E-state index in [1.807, 2.05) is 47.4 Å². The summed E-state index contributed by atoms with van der Waals surface area (Å²) in [7, 11) is 0. The van der Waals surface area contributed by atoms with Crippen LogP contribution in [0.2, 0.25) is 0 Å². The highest BCUT2D eigenvalue weighted by atomic mass is 16.3. The predicted molar refractivity (Wildman–Crippen MR) is 107 cm³/mol. The number of amides is 1. The number of rotatable bonds is 4. The SMILES string of the molecule is O=C(C(Cc1ccc(O)cc1)c1ccccc1)N1CCc2cc(=O)[nH]cc2C1. The Morgan fingerprint density at radius 1 is 1.07 bits per heavy atom. The molecule has 1 amide bonds. The molecular formula is C23H22N2O3. The van der Waals surface area contributed by atoms with Gasteiger partial charge in [-0.2, -0.15) is 0 Å². The van der Waals surface area contributed by atoms with Crippen LogP contribution in [0.1, 0.15) is 28.2 Å². The molecule has 1 unspecified atom stereocenters. The second kappa shape index (κ2) is 7.72. The molecule has 2 heterocycles. The van der Waals surface area contributed by atoms with Crippen molar-refractivity contribution in [2.24, 2.45) is 0 Å². The molecule has 2 aromatic carbocycles. The number of nitrogens with zero attached hydrogens (tertiary/aromatic N) is 1. The zero-order chi connectivity index (χ0) is 19.5. The molecule has 4 rings (SSSR count). The Labute approximate surface area is 163 Å². The maximum atomic E-state index is 13.5. The molecule has 5 heteroatoms. The summed E-state index contributed by atoms with van der Waals surface area (Å²) in [5.74, 6) is -0.000790. The van der Waals surface area contributed by atoms with Crippen molar-refractivity contribution < 1.29 is 9.90 Å². The molecule has 28 heavy (non-hydrogen) atoms. The van der Waals surface area contributed by atoms with Gasteiger partial charge in [0.05, 0.1) is 5.92 Å². The molecule has 0 spiro atoms. The van der Waals surface area contributed by atoms with E-state index in [0.29, 0.717) is 25.9 Å². The minimum absolute atomic E-state index is 0.0797. The van der Waals surface area contributed by atoms with E-state index >= 15 is 0 Å². The van der Waals surface area contributed by atoms with Crippen molar-refractivity contribution in [1.29, 1.82) is 0 Å². The number of fused-ring (bicyclic) bond motifs is 1. The fourth-order valence-electron chi connectivity index (χ4n) is 3.77. The molecule has 0 saturated carbocycles. The summed E-state index contributed by atoms with van der Waals surface area (Å²) >= 11 is 0. The minimum Gasteiger partial charge on any atom is -0.508 e. The van der Waals surface area contributed by atoms with Crippen LogP contribution in [-0.4, -0.2) is 27.4 Å². The average Bonchev–Trinajstić information content (AvgIpc) is 2.73. The first-order chi connectivity index (χ1) is 13.6. The largest absolute Gasteiger partial charge is 0.508 e. The number of carbonyl (C=O) groups excluding carboxylic acids is 1. The van der Waals surface area contributed by atoms with Crippen LogP contribution < -0.4 is 5.56 Å². The third-order valence-electron chi connectivity index (χ3n) is 5.31. The van der Waals surface area contributed by atoms with Crippen LogP contribution in [0.25, 0.3) is 0 Å². The topological polar surface area (TPSA) is 73.4 Å². The summed E-state index contributed by atoms with van der Waals surface area (Å²) < 4.78 is 0. The number of hydrogen-bond donors (Lipinski definition) is 2. The highest BCUT2D eigenvalue weighted by Crippen LogP contribution is 2.27. The quantitative estimate of drug-likeness (QED) is 0.737. The van der Waals surface area contributed by atoms with Gasteiger partial charge in [0.2, 0.25) is 11.5 Å². The van der Waals surface area contributed by atoms with Crippen LogP contribution in [0.15, 0.2) is 71.7 Å². The van der Waals surface area contributed by atoms with Crippen molar-refractivity contribution >= 4 is 5.91 Å². The number of pyridine rings is 1. The molecule has 2 N–H and O–H groups in total. The summed E-state index contributed by atoms with van der Waals surface area (Å²) in [6.45, 7) is 1.11. The predicted octanol–water partition coefficient (Wildman–Crippen LogP) is 2.99. The molecule has 1 atom stereocenters. The second-order valence-electron chi connectivity index (χ2n) is 7.19. The molecule has 0 bridgehead atoms. The van der Waals surface area contributed by atoms with Gasteiger partial charge in [0.1, 0.15) is 5.75 Å². The number of H-pyrrole nitrogens is 1. The first-order valence-electron chi connectivity index (χ1n) is 9.42. The van der Waals surface area contributed by atoms with Crippen molar-refractivity contribution in [3.63, 3.8) is 0 Å². The number of aromatic hydroxyl groups is 1. The van der Waals surface area contributed by atoms with E-state index in [9.17, 15) is 14.7 Å². The van der Waals surface area contributed by atoms with Crippen molar-refractivity contribution in [1.82, 2.24) is 9.88 Å². The van der Waals surface area contributed by atoms with Gasteiger partial charge in [-0.05, 0) is 47.2 Å². The standard InChI is InChI=1S/C23H22N2O3/c26-20-8-6-16(7-9-20)12-21(17-4-2-1-3-5-17)23(28)25-11-10-18-13-22(27)24-14-19(18)15-25/h1-9,13-14,21,26H,10-12,15H2,(H,24,27). The lowest BCUT2D eigenvalue weighted by Crippen LogP contribution is -2.40. The molecule has 1 aliphatic heterocycles. The van der Waals surface area contributed by atoms with Gasteiger partial charge in [-0.15, -0.1) is 0 Å². The maximum absolute atomic E-state index is 13.5. The lowest BCUT2D eigenvalue weighted by atomic mass is 9.89. The Morgan fingerprint density at radius 3 is 2.57 bits per heavy atom. The molecular weight excluding hydrogens is 352 g/mol. The number of phenolic OH excluding ortho intramolecular Hbond substituents is 1. The van der Waals surface area contributed by atoms with Gasteiger partial charge in [0.25, 0.3) is 0 Å². The van der Waals surface area contributed by atoms with Crippen molar-refractivity contribution in [2.45, 2.75) is 25.3 Å². The van der Waals surface area contributed by atoms with Crippen LogP contribution in [-0.2, 0) is 24.2 Å². The Bertz CT molecular complexity index is 1030. The Hall–Kier alpha value is -3.34. The van der Waals surface area contributed by atoms with Crippen molar-refractivity contribution in [3.05, 3.63) is 99.5 Å². The molecule has 0 saturated heterocycles. The van der Waals surface area contributed by atoms with Gasteiger partial charge in [-0.3, -0.25) is 9.59 Å². The van der Waals surface area contributed by atoms with Gasteiger partial charge in [0, 0.05) is 25.4 Å². The first-order valence-corrected chi connectivity index (χ1v) is 9.42. The number of hydrogen-bond acceptors (Lipinski definition) is 3.